The van der Waals surface area contributed by atoms with Crippen LogP contribution in [0.1, 0.15) is 11.8 Å². The monoisotopic (exact) mass is 442 g/mol. The Balaban J connectivity index is 1.66. The summed E-state index contributed by atoms with van der Waals surface area (Å²) in [7, 11) is 0. The van der Waals surface area contributed by atoms with E-state index in [1.807, 2.05) is 36.5 Å². The Kier molecular flexibility index (Phi) is 5.50. The minimum Gasteiger partial charge on any atom is -0.387 e. The number of hydrogen-bond donors (Lipinski definition) is 4. The number of ether oxygens (including phenoxy) is 1. The van der Waals surface area contributed by atoms with Gasteiger partial charge in [-0.25, -0.2) is 9.97 Å². The van der Waals surface area contributed by atoms with Gasteiger partial charge in [-0.15, -0.1) is 0 Å². The highest BCUT2D eigenvalue weighted by atomic mass is 16.6. The summed E-state index contributed by atoms with van der Waals surface area (Å²) in [5, 5.41) is 34.1. The first-order valence-corrected chi connectivity index (χ1v) is 10.5. The van der Waals surface area contributed by atoms with E-state index in [2.05, 4.69) is 21.4 Å². The van der Waals surface area contributed by atoms with Crippen LogP contribution in [0.5, 0.6) is 0 Å². The highest BCUT2D eigenvalue weighted by Crippen LogP contribution is 2.39. The van der Waals surface area contributed by atoms with Crippen LogP contribution in [-0.2, 0) is 4.74 Å². The van der Waals surface area contributed by atoms with Gasteiger partial charge in [0.2, 0.25) is 0 Å². The SMILES string of the molecule is N#Cc1ccc(Nc2ncnc3c2c(-c2ccccc2)cn3[C@@H]2O[C@H](CN)[C@H](O)[C@@H]2O)cc1. The number of hydrogen-bond acceptors (Lipinski definition) is 8. The van der Waals surface area contributed by atoms with Gasteiger partial charge < -0.3 is 30.6 Å². The van der Waals surface area contributed by atoms with Crippen LogP contribution in [0.25, 0.3) is 22.2 Å². The number of nitrogens with one attached hydrogen (secondary N) is 1. The maximum Gasteiger partial charge on any atom is 0.164 e. The van der Waals surface area contributed by atoms with E-state index in [9.17, 15) is 10.2 Å². The zero-order chi connectivity index (χ0) is 22.9. The van der Waals surface area contributed by atoms with E-state index in [1.54, 1.807) is 28.8 Å². The summed E-state index contributed by atoms with van der Waals surface area (Å²) < 4.78 is 7.60. The highest BCUT2D eigenvalue weighted by molar-refractivity contribution is 6.02. The van der Waals surface area contributed by atoms with Crippen LogP contribution >= 0.6 is 0 Å². The van der Waals surface area contributed by atoms with Crippen LogP contribution in [0, 0.1) is 11.3 Å². The third-order valence-corrected chi connectivity index (χ3v) is 5.81. The van der Waals surface area contributed by atoms with Crippen molar-refractivity contribution >= 4 is 22.5 Å². The lowest BCUT2D eigenvalue weighted by molar-refractivity contribution is -0.0318. The highest BCUT2D eigenvalue weighted by Gasteiger charge is 2.43. The molecule has 4 aromatic rings. The zero-order valence-electron chi connectivity index (χ0n) is 17.5. The van der Waals surface area contributed by atoms with Gasteiger partial charge in [0.05, 0.1) is 17.0 Å². The van der Waals surface area contributed by atoms with Crippen molar-refractivity contribution in [1.29, 1.82) is 5.26 Å². The molecule has 2 aromatic carbocycles. The second-order valence-corrected chi connectivity index (χ2v) is 7.83. The molecular formula is C24H22N6O3. The van der Waals surface area contributed by atoms with E-state index in [0.29, 0.717) is 17.0 Å². The Labute approximate surface area is 189 Å². The van der Waals surface area contributed by atoms with E-state index in [4.69, 9.17) is 15.7 Å². The molecule has 0 bridgehead atoms. The molecule has 1 aliphatic rings. The third kappa shape index (κ3) is 3.71. The van der Waals surface area contributed by atoms with Crippen molar-refractivity contribution in [3.63, 3.8) is 0 Å². The van der Waals surface area contributed by atoms with Crippen molar-refractivity contribution in [3.8, 4) is 17.2 Å². The number of fused-ring (bicyclic) bond motifs is 1. The van der Waals surface area contributed by atoms with Crippen molar-refractivity contribution in [2.75, 3.05) is 11.9 Å². The number of aliphatic hydroxyl groups is 2. The minimum absolute atomic E-state index is 0.0833. The molecule has 166 valence electrons. The fraction of sp³-hybridized carbons (Fsp3) is 0.208. The van der Waals surface area contributed by atoms with Gasteiger partial charge in [0.1, 0.15) is 36.1 Å². The van der Waals surface area contributed by atoms with Gasteiger partial charge in [-0.05, 0) is 29.8 Å². The minimum atomic E-state index is -1.16. The molecule has 0 amide bonds. The Bertz CT molecular complexity index is 1320. The Morgan fingerprint density at radius 1 is 1.06 bits per heavy atom. The number of nitrogens with two attached hydrogens (primary N) is 1. The maximum atomic E-state index is 10.7. The number of benzene rings is 2. The van der Waals surface area contributed by atoms with Crippen LogP contribution in [0.3, 0.4) is 0 Å². The lowest BCUT2D eigenvalue weighted by Crippen LogP contribution is -2.35. The molecule has 0 radical (unpaired) electrons. The quantitative estimate of drug-likeness (QED) is 0.369. The van der Waals surface area contributed by atoms with E-state index in [-0.39, 0.29) is 6.54 Å². The predicted octanol–water partition coefficient (Wildman–Crippen LogP) is 2.29. The molecule has 1 saturated heterocycles. The van der Waals surface area contributed by atoms with Crippen molar-refractivity contribution < 1.29 is 14.9 Å². The first kappa shape index (κ1) is 21.1. The summed E-state index contributed by atoms with van der Waals surface area (Å²) in [6.07, 6.45) is -0.527. The summed E-state index contributed by atoms with van der Waals surface area (Å²) in [5.41, 5.74) is 9.33. The predicted molar refractivity (Wildman–Crippen MR) is 122 cm³/mol. The number of nitriles is 1. The molecule has 33 heavy (non-hydrogen) atoms. The first-order chi connectivity index (χ1) is 16.1. The molecule has 9 nitrogen and oxygen atoms in total. The molecule has 0 spiro atoms. The number of rotatable bonds is 5. The van der Waals surface area contributed by atoms with Gasteiger partial charge in [-0.2, -0.15) is 5.26 Å². The van der Waals surface area contributed by atoms with Crippen molar-refractivity contribution in [3.05, 3.63) is 72.7 Å². The molecule has 0 unspecified atom stereocenters. The summed E-state index contributed by atoms with van der Waals surface area (Å²) in [6, 6.07) is 18.9. The van der Waals surface area contributed by atoms with E-state index >= 15 is 0 Å². The molecule has 9 heteroatoms. The molecule has 3 heterocycles. The molecule has 2 aromatic heterocycles. The smallest absolute Gasteiger partial charge is 0.164 e. The molecule has 5 N–H and O–H groups in total. The van der Waals surface area contributed by atoms with Gasteiger partial charge in [0, 0.05) is 24.0 Å². The fourth-order valence-corrected chi connectivity index (χ4v) is 4.13. The molecule has 1 fully saturated rings. The second-order valence-electron chi connectivity index (χ2n) is 7.83. The van der Waals surface area contributed by atoms with Gasteiger partial charge >= 0.3 is 0 Å². The average Bonchev–Trinajstić information content (AvgIpc) is 3.38. The zero-order valence-corrected chi connectivity index (χ0v) is 17.5. The van der Waals surface area contributed by atoms with Crippen molar-refractivity contribution in [2.45, 2.75) is 24.5 Å². The summed E-state index contributed by atoms with van der Waals surface area (Å²) in [5.74, 6) is 0.561. The van der Waals surface area contributed by atoms with Gasteiger partial charge in [-0.3, -0.25) is 0 Å². The number of aliphatic hydroxyl groups excluding tert-OH is 2. The first-order valence-electron chi connectivity index (χ1n) is 10.5. The summed E-state index contributed by atoms with van der Waals surface area (Å²) in [4.78, 5) is 8.94. The van der Waals surface area contributed by atoms with E-state index in [1.165, 1.54) is 6.33 Å². The number of anilines is 2. The standard InChI is InChI=1S/C24H22N6O3/c25-10-14-6-8-16(9-7-14)29-22-19-17(15-4-2-1-3-5-15)12-30(23(19)28-13-27-22)24-21(32)20(31)18(11-26)33-24/h1-9,12-13,18,20-21,24,31-32H,11,26H2,(H,27,28,29)/t18-,20+,21+,24-/m1/s1. The second kappa shape index (κ2) is 8.61. The molecule has 5 rings (SSSR count). The molecular weight excluding hydrogens is 420 g/mol. The van der Waals surface area contributed by atoms with Gasteiger partial charge in [-0.1, -0.05) is 30.3 Å². The van der Waals surface area contributed by atoms with E-state index < -0.39 is 24.5 Å². The van der Waals surface area contributed by atoms with Crippen LogP contribution in [0.2, 0.25) is 0 Å². The largest absolute Gasteiger partial charge is 0.387 e. The van der Waals surface area contributed by atoms with Gasteiger partial charge in [0.25, 0.3) is 0 Å². The number of aromatic nitrogens is 3. The van der Waals surface area contributed by atoms with Crippen molar-refractivity contribution in [1.82, 2.24) is 14.5 Å². The lowest BCUT2D eigenvalue weighted by Gasteiger charge is -2.17. The average molecular weight is 442 g/mol. The fourth-order valence-electron chi connectivity index (χ4n) is 4.13. The van der Waals surface area contributed by atoms with Crippen molar-refractivity contribution in [2.24, 2.45) is 5.73 Å². The number of nitrogens with zero attached hydrogens (tertiary/aromatic N) is 4. The maximum absolute atomic E-state index is 10.7. The third-order valence-electron chi connectivity index (χ3n) is 5.81. The Morgan fingerprint density at radius 3 is 2.48 bits per heavy atom. The van der Waals surface area contributed by atoms with Gasteiger partial charge in [0.15, 0.2) is 6.23 Å². The molecule has 1 aliphatic heterocycles. The lowest BCUT2D eigenvalue weighted by atomic mass is 10.1. The Morgan fingerprint density at radius 2 is 1.82 bits per heavy atom. The topological polar surface area (TPSA) is 142 Å². The molecule has 4 atom stereocenters. The van der Waals surface area contributed by atoms with Crippen LogP contribution in [0.4, 0.5) is 11.5 Å². The molecule has 0 saturated carbocycles. The molecule has 0 aliphatic carbocycles. The van der Waals surface area contributed by atoms with E-state index in [0.717, 1.165) is 22.2 Å². The normalized spacial score (nSPS) is 22.4. The van der Waals surface area contributed by atoms with Crippen LogP contribution < -0.4 is 11.1 Å². The summed E-state index contributed by atoms with van der Waals surface area (Å²) in [6.45, 7) is 0.0833. The van der Waals surface area contributed by atoms with Crippen LogP contribution in [-0.4, -0.2) is 49.6 Å². The van der Waals surface area contributed by atoms with Crippen LogP contribution in [0.15, 0.2) is 67.1 Å². The Hall–Kier alpha value is -3.81. The summed E-state index contributed by atoms with van der Waals surface area (Å²) >= 11 is 0.